The van der Waals surface area contributed by atoms with Crippen LogP contribution in [0.1, 0.15) is 30.6 Å². The van der Waals surface area contributed by atoms with Crippen molar-refractivity contribution in [1.82, 2.24) is 9.88 Å². The summed E-state index contributed by atoms with van der Waals surface area (Å²) in [5.41, 5.74) is 6.14. The van der Waals surface area contributed by atoms with E-state index in [1.54, 1.807) is 12.1 Å². The van der Waals surface area contributed by atoms with E-state index in [4.69, 9.17) is 17.3 Å². The number of carbonyl (C=O) groups excluding carboxylic acids is 1. The van der Waals surface area contributed by atoms with E-state index >= 15 is 0 Å². The lowest BCUT2D eigenvalue weighted by molar-refractivity contribution is 0.0623. The fraction of sp³-hybridized carbons (Fsp3) is 0.538. The van der Waals surface area contributed by atoms with Crippen LogP contribution in [0.3, 0.4) is 0 Å². The number of nitrogens with two attached hydrogens (primary N) is 1. The first kappa shape index (κ1) is 13.1. The van der Waals surface area contributed by atoms with E-state index in [0.717, 1.165) is 13.1 Å². The second-order valence-electron chi connectivity index (χ2n) is 5.26. The van der Waals surface area contributed by atoms with Gasteiger partial charge in [0.2, 0.25) is 0 Å². The van der Waals surface area contributed by atoms with Crippen molar-refractivity contribution in [3.05, 3.63) is 22.8 Å². The molecule has 1 aliphatic rings. The highest BCUT2D eigenvalue weighted by molar-refractivity contribution is 6.29. The number of halogens is 1. The van der Waals surface area contributed by atoms with Crippen LogP contribution >= 0.6 is 11.6 Å². The van der Waals surface area contributed by atoms with Gasteiger partial charge in [-0.2, -0.15) is 0 Å². The van der Waals surface area contributed by atoms with Gasteiger partial charge in [0.15, 0.2) is 0 Å². The minimum Gasteiger partial charge on any atom is -0.384 e. The van der Waals surface area contributed by atoms with Gasteiger partial charge in [-0.1, -0.05) is 25.4 Å². The summed E-state index contributed by atoms with van der Waals surface area (Å²) in [6, 6.07) is 3.16. The number of nitrogens with zero attached hydrogens (tertiary/aromatic N) is 2. The summed E-state index contributed by atoms with van der Waals surface area (Å²) in [5.74, 6) is 1.34. The van der Waals surface area contributed by atoms with Crippen LogP contribution in [-0.4, -0.2) is 28.9 Å². The molecule has 0 radical (unpaired) electrons. The van der Waals surface area contributed by atoms with Crippen molar-refractivity contribution in [2.45, 2.75) is 20.3 Å². The van der Waals surface area contributed by atoms with Crippen molar-refractivity contribution < 1.29 is 4.79 Å². The molecule has 0 spiro atoms. The second kappa shape index (κ2) is 5.14. The molecular formula is C13H18ClN3O. The molecule has 2 atom stereocenters. The van der Waals surface area contributed by atoms with Crippen LogP contribution in [0, 0.1) is 11.8 Å². The van der Waals surface area contributed by atoms with E-state index in [1.807, 2.05) is 4.90 Å². The van der Waals surface area contributed by atoms with Gasteiger partial charge in [0.1, 0.15) is 11.0 Å². The van der Waals surface area contributed by atoms with Crippen molar-refractivity contribution >= 4 is 23.3 Å². The highest BCUT2D eigenvalue weighted by atomic mass is 35.5. The Labute approximate surface area is 112 Å². The molecule has 18 heavy (non-hydrogen) atoms. The average Bonchev–Trinajstić information content (AvgIpc) is 2.25. The van der Waals surface area contributed by atoms with E-state index in [-0.39, 0.29) is 16.9 Å². The molecule has 1 saturated heterocycles. The maximum Gasteiger partial charge on any atom is 0.254 e. The molecule has 0 saturated carbocycles. The number of hydrogen-bond donors (Lipinski definition) is 1. The molecule has 2 heterocycles. The SMILES string of the molecule is CC1CC(C)CN(C(=O)c2cc(N)nc(Cl)c2)C1. The molecule has 2 unspecified atom stereocenters. The van der Waals surface area contributed by atoms with Gasteiger partial charge >= 0.3 is 0 Å². The molecule has 98 valence electrons. The molecule has 1 amide bonds. The number of pyridine rings is 1. The Morgan fingerprint density at radius 2 is 2.00 bits per heavy atom. The molecule has 5 heteroatoms. The fourth-order valence-corrected chi connectivity index (χ4v) is 2.87. The molecule has 1 fully saturated rings. The fourth-order valence-electron chi connectivity index (χ4n) is 2.65. The number of carbonyl (C=O) groups is 1. The Kier molecular flexibility index (Phi) is 3.76. The van der Waals surface area contributed by atoms with E-state index in [0.29, 0.717) is 17.4 Å². The van der Waals surface area contributed by atoms with Gasteiger partial charge in [0.25, 0.3) is 5.91 Å². The minimum atomic E-state index is -0.00981. The van der Waals surface area contributed by atoms with Crippen LogP contribution in [0.25, 0.3) is 0 Å². The summed E-state index contributed by atoms with van der Waals surface area (Å²) in [6.45, 7) is 5.93. The van der Waals surface area contributed by atoms with Gasteiger partial charge in [0, 0.05) is 18.7 Å². The lowest BCUT2D eigenvalue weighted by atomic mass is 9.91. The van der Waals surface area contributed by atoms with Gasteiger partial charge in [0.05, 0.1) is 0 Å². The number of rotatable bonds is 1. The summed E-state index contributed by atoms with van der Waals surface area (Å²) in [7, 11) is 0. The minimum absolute atomic E-state index is 0.00981. The first-order valence-corrected chi connectivity index (χ1v) is 6.56. The molecule has 2 rings (SSSR count). The Morgan fingerprint density at radius 1 is 1.39 bits per heavy atom. The number of anilines is 1. The predicted octanol–water partition coefficient (Wildman–Crippen LogP) is 2.44. The number of nitrogen functional groups attached to an aromatic ring is 1. The quantitative estimate of drug-likeness (QED) is 0.795. The first-order chi connectivity index (χ1) is 8.45. The first-order valence-electron chi connectivity index (χ1n) is 6.18. The van der Waals surface area contributed by atoms with Crippen molar-refractivity contribution in [3.8, 4) is 0 Å². The average molecular weight is 268 g/mol. The van der Waals surface area contributed by atoms with E-state index in [1.165, 1.54) is 6.42 Å². The summed E-state index contributed by atoms with van der Waals surface area (Å²) in [4.78, 5) is 18.1. The molecule has 0 aliphatic carbocycles. The number of aromatic nitrogens is 1. The largest absolute Gasteiger partial charge is 0.384 e. The van der Waals surface area contributed by atoms with Gasteiger partial charge in [-0.25, -0.2) is 4.98 Å². The van der Waals surface area contributed by atoms with Crippen LogP contribution in [0.4, 0.5) is 5.82 Å². The van der Waals surface area contributed by atoms with Gasteiger partial charge in [-0.15, -0.1) is 0 Å². The zero-order valence-corrected chi connectivity index (χ0v) is 11.4. The topological polar surface area (TPSA) is 59.2 Å². The predicted molar refractivity (Wildman–Crippen MR) is 72.5 cm³/mol. The molecule has 0 aromatic carbocycles. The third-order valence-corrected chi connectivity index (χ3v) is 3.41. The van der Waals surface area contributed by atoms with Crippen LogP contribution in [0.2, 0.25) is 5.15 Å². The molecule has 1 aromatic rings. The maximum atomic E-state index is 12.4. The Balaban J connectivity index is 2.20. The van der Waals surface area contributed by atoms with Crippen LogP contribution in [-0.2, 0) is 0 Å². The van der Waals surface area contributed by atoms with Crippen molar-refractivity contribution in [1.29, 1.82) is 0 Å². The van der Waals surface area contributed by atoms with Gasteiger partial charge < -0.3 is 10.6 Å². The number of likely N-dealkylation sites (tertiary alicyclic amines) is 1. The number of hydrogen-bond acceptors (Lipinski definition) is 3. The zero-order valence-electron chi connectivity index (χ0n) is 10.7. The second-order valence-corrected chi connectivity index (χ2v) is 5.65. The summed E-state index contributed by atoms with van der Waals surface area (Å²) >= 11 is 5.83. The Hall–Kier alpha value is -1.29. The van der Waals surface area contributed by atoms with Gasteiger partial charge in [-0.3, -0.25) is 4.79 Å². The van der Waals surface area contributed by atoms with E-state index < -0.39 is 0 Å². The zero-order chi connectivity index (χ0) is 13.3. The summed E-state index contributed by atoms with van der Waals surface area (Å²) < 4.78 is 0. The third kappa shape index (κ3) is 2.93. The number of amides is 1. The highest BCUT2D eigenvalue weighted by Gasteiger charge is 2.26. The highest BCUT2D eigenvalue weighted by Crippen LogP contribution is 2.23. The standard InChI is InChI=1S/C13H18ClN3O/c1-8-3-9(2)7-17(6-8)13(18)10-4-11(14)16-12(15)5-10/h4-5,8-9H,3,6-7H2,1-2H3,(H2,15,16). The monoisotopic (exact) mass is 267 g/mol. The lowest BCUT2D eigenvalue weighted by Crippen LogP contribution is -2.42. The van der Waals surface area contributed by atoms with E-state index in [9.17, 15) is 4.79 Å². The van der Waals surface area contributed by atoms with Gasteiger partial charge in [-0.05, 0) is 30.4 Å². The van der Waals surface area contributed by atoms with Crippen LogP contribution < -0.4 is 5.73 Å². The Morgan fingerprint density at radius 3 is 2.56 bits per heavy atom. The molecule has 4 nitrogen and oxygen atoms in total. The van der Waals surface area contributed by atoms with E-state index in [2.05, 4.69) is 18.8 Å². The maximum absolute atomic E-state index is 12.4. The summed E-state index contributed by atoms with van der Waals surface area (Å²) in [6.07, 6.45) is 1.17. The van der Waals surface area contributed by atoms with Crippen molar-refractivity contribution in [2.24, 2.45) is 11.8 Å². The smallest absolute Gasteiger partial charge is 0.254 e. The number of piperidine rings is 1. The Bertz CT molecular complexity index is 433. The van der Waals surface area contributed by atoms with Crippen LogP contribution in [0.5, 0.6) is 0 Å². The molecule has 0 bridgehead atoms. The lowest BCUT2D eigenvalue weighted by Gasteiger charge is -2.35. The molecular weight excluding hydrogens is 250 g/mol. The normalized spacial score (nSPS) is 24.1. The van der Waals surface area contributed by atoms with Crippen molar-refractivity contribution in [2.75, 3.05) is 18.8 Å². The molecule has 1 aromatic heterocycles. The molecule has 1 aliphatic heterocycles. The van der Waals surface area contributed by atoms with Crippen molar-refractivity contribution in [3.63, 3.8) is 0 Å². The molecule has 2 N–H and O–H groups in total. The van der Waals surface area contributed by atoms with Crippen LogP contribution in [0.15, 0.2) is 12.1 Å². The third-order valence-electron chi connectivity index (χ3n) is 3.22. The summed E-state index contributed by atoms with van der Waals surface area (Å²) in [5, 5.41) is 0.261.